The molecule has 0 aliphatic heterocycles. The van der Waals surface area contributed by atoms with Gasteiger partial charge >= 0.3 is 27.7 Å². The molecular formula is C23H20F6O3S2. The molecular weight excluding hydrogens is 502 g/mol. The van der Waals surface area contributed by atoms with E-state index >= 15 is 0 Å². The van der Waals surface area contributed by atoms with Crippen LogP contribution >= 0.6 is 12.6 Å². The van der Waals surface area contributed by atoms with Crippen molar-refractivity contribution >= 4 is 22.7 Å². The molecule has 0 amide bonds. The number of alkyl halides is 6. The number of aryl methyl sites for hydroxylation is 2. The molecule has 0 saturated carbocycles. The van der Waals surface area contributed by atoms with Crippen LogP contribution in [0, 0.1) is 13.8 Å². The van der Waals surface area contributed by atoms with Crippen LogP contribution in [0.1, 0.15) is 11.1 Å². The fourth-order valence-corrected chi connectivity index (χ4v) is 3.61. The largest absolute Gasteiger partial charge is 0.437 e. The lowest BCUT2D eigenvalue weighted by Gasteiger charge is -2.22. The predicted octanol–water partition coefficient (Wildman–Crippen LogP) is 7.29. The molecule has 0 spiro atoms. The lowest BCUT2D eigenvalue weighted by Crippen LogP contribution is -2.51. The van der Waals surface area contributed by atoms with E-state index in [0.29, 0.717) is 0 Å². The third-order valence-corrected chi connectivity index (χ3v) is 6.02. The Morgan fingerprint density at radius 3 is 1.62 bits per heavy atom. The van der Waals surface area contributed by atoms with Crippen LogP contribution in [0.5, 0.6) is 0 Å². The Balaban J connectivity index is 0.000000273. The maximum absolute atomic E-state index is 11.9. The molecule has 34 heavy (non-hydrogen) atoms. The summed E-state index contributed by atoms with van der Waals surface area (Å²) in [5, 5.41) is -6.20. The fraction of sp³-hybridized carbons (Fsp3) is 0.217. The number of halogens is 6. The highest BCUT2D eigenvalue weighted by atomic mass is 32.2. The van der Waals surface area contributed by atoms with Crippen LogP contribution in [0.2, 0.25) is 0 Å². The van der Waals surface area contributed by atoms with Crippen LogP contribution in [0.3, 0.4) is 0 Å². The summed E-state index contributed by atoms with van der Waals surface area (Å²) in [7, 11) is -6.57. The molecule has 3 rings (SSSR count). The molecule has 0 aromatic heterocycles. The minimum absolute atomic E-state index is 1.01. The Morgan fingerprint density at radius 1 is 0.794 bits per heavy atom. The SMILES string of the molecule is Cc1ccc(-c2cccc(S)c2-c2ccc(C)cc2)cc1.O=S(=O)(O)C(F)(F)C(F)(F)C(F)F. The van der Waals surface area contributed by atoms with Gasteiger partial charge in [0.1, 0.15) is 0 Å². The maximum Gasteiger partial charge on any atom is 0.437 e. The summed E-state index contributed by atoms with van der Waals surface area (Å²) in [6.45, 7) is 4.22. The van der Waals surface area contributed by atoms with E-state index < -0.39 is 27.7 Å². The van der Waals surface area contributed by atoms with E-state index in [9.17, 15) is 34.8 Å². The summed E-state index contributed by atoms with van der Waals surface area (Å²) < 4.78 is 96.5. The Bertz CT molecular complexity index is 1230. The van der Waals surface area contributed by atoms with Gasteiger partial charge in [0.15, 0.2) is 0 Å². The first-order valence-corrected chi connectivity index (χ1v) is 11.4. The summed E-state index contributed by atoms with van der Waals surface area (Å²) in [5.41, 5.74) is 7.41. The normalized spacial score (nSPS) is 12.3. The van der Waals surface area contributed by atoms with E-state index in [1.165, 1.54) is 33.4 Å². The summed E-state index contributed by atoms with van der Waals surface area (Å²) in [6, 6.07) is 23.6. The van der Waals surface area contributed by atoms with Gasteiger partial charge in [-0.25, -0.2) is 8.78 Å². The van der Waals surface area contributed by atoms with Crippen molar-refractivity contribution in [3.8, 4) is 22.3 Å². The molecule has 0 aliphatic carbocycles. The van der Waals surface area contributed by atoms with Crippen molar-refractivity contribution in [2.75, 3.05) is 0 Å². The number of thiol groups is 1. The van der Waals surface area contributed by atoms with E-state index in [1.54, 1.807) is 0 Å². The smallest absolute Gasteiger partial charge is 0.281 e. The molecule has 0 fully saturated rings. The molecule has 0 aliphatic rings. The molecule has 1 N–H and O–H groups in total. The van der Waals surface area contributed by atoms with Crippen molar-refractivity contribution in [2.45, 2.75) is 36.3 Å². The first-order valence-electron chi connectivity index (χ1n) is 9.56. The number of benzene rings is 3. The maximum atomic E-state index is 11.9. The van der Waals surface area contributed by atoms with Crippen LogP contribution in [0.15, 0.2) is 71.6 Å². The van der Waals surface area contributed by atoms with Gasteiger partial charge < -0.3 is 0 Å². The second-order valence-corrected chi connectivity index (χ2v) is 9.29. The molecule has 0 bridgehead atoms. The number of rotatable bonds is 5. The third-order valence-electron chi connectivity index (χ3n) is 4.73. The monoisotopic (exact) mass is 522 g/mol. The number of hydrogen-bond acceptors (Lipinski definition) is 3. The zero-order chi connectivity index (χ0) is 25.9. The van der Waals surface area contributed by atoms with Crippen molar-refractivity contribution in [3.63, 3.8) is 0 Å². The Morgan fingerprint density at radius 2 is 1.24 bits per heavy atom. The van der Waals surface area contributed by atoms with E-state index in [1.807, 2.05) is 0 Å². The lowest BCUT2D eigenvalue weighted by atomic mass is 9.93. The van der Waals surface area contributed by atoms with Crippen molar-refractivity contribution < 1.29 is 39.3 Å². The second kappa shape index (κ2) is 10.4. The standard InChI is InChI=1S/C20H18S.C3H2F6O3S/c1-14-6-10-16(11-7-14)18-4-3-5-19(21)20(18)17-12-8-15(2)9-13-17;4-1(5)2(6,7)3(8,9)13(10,11)12/h3-13,21H,1-2H3;1H,(H,10,11,12). The van der Waals surface area contributed by atoms with Gasteiger partial charge in [-0.15, -0.1) is 12.6 Å². The molecule has 3 aromatic rings. The average molecular weight is 523 g/mol. The molecule has 3 nitrogen and oxygen atoms in total. The molecule has 0 unspecified atom stereocenters. The zero-order valence-corrected chi connectivity index (χ0v) is 19.5. The highest BCUT2D eigenvalue weighted by Gasteiger charge is 2.70. The van der Waals surface area contributed by atoms with Gasteiger partial charge in [0.05, 0.1) is 0 Å². The van der Waals surface area contributed by atoms with Crippen molar-refractivity contribution in [3.05, 3.63) is 77.9 Å². The van der Waals surface area contributed by atoms with E-state index in [0.717, 1.165) is 4.90 Å². The van der Waals surface area contributed by atoms with Crippen LogP contribution in [0.25, 0.3) is 22.3 Å². The minimum atomic E-state index is -6.57. The molecule has 3 aromatic carbocycles. The minimum Gasteiger partial charge on any atom is -0.281 e. The molecule has 0 heterocycles. The summed E-state index contributed by atoms with van der Waals surface area (Å²) in [4.78, 5) is 1.01. The van der Waals surface area contributed by atoms with E-state index in [-0.39, 0.29) is 0 Å². The van der Waals surface area contributed by atoms with Gasteiger partial charge in [-0.05, 0) is 36.6 Å². The second-order valence-electron chi connectivity index (χ2n) is 7.35. The molecule has 184 valence electrons. The Hall–Kier alpha value is -2.50. The Labute approximate surface area is 198 Å². The number of hydrogen-bond donors (Lipinski definition) is 2. The third kappa shape index (κ3) is 5.94. The lowest BCUT2D eigenvalue weighted by molar-refractivity contribution is -0.227. The first kappa shape index (κ1) is 27.7. The zero-order valence-electron chi connectivity index (χ0n) is 17.8. The topological polar surface area (TPSA) is 54.4 Å². The molecule has 0 radical (unpaired) electrons. The van der Waals surface area contributed by atoms with E-state index in [2.05, 4.69) is 93.2 Å². The van der Waals surface area contributed by atoms with Gasteiger partial charge in [-0.1, -0.05) is 71.8 Å². The van der Waals surface area contributed by atoms with E-state index in [4.69, 9.17) is 4.55 Å². The van der Waals surface area contributed by atoms with Gasteiger partial charge in [0.25, 0.3) is 0 Å². The van der Waals surface area contributed by atoms with Gasteiger partial charge in [0, 0.05) is 10.5 Å². The van der Waals surface area contributed by atoms with Crippen LogP contribution in [0.4, 0.5) is 26.3 Å². The van der Waals surface area contributed by atoms with Crippen LogP contribution in [-0.2, 0) is 10.1 Å². The Kier molecular flexibility index (Phi) is 8.49. The van der Waals surface area contributed by atoms with Gasteiger partial charge in [0.2, 0.25) is 0 Å². The van der Waals surface area contributed by atoms with Crippen LogP contribution < -0.4 is 0 Å². The van der Waals surface area contributed by atoms with Crippen molar-refractivity contribution in [1.29, 1.82) is 0 Å². The van der Waals surface area contributed by atoms with Gasteiger partial charge in [-0.3, -0.25) is 4.55 Å². The highest BCUT2D eigenvalue weighted by molar-refractivity contribution is 7.87. The molecule has 11 heteroatoms. The summed E-state index contributed by atoms with van der Waals surface area (Å²) >= 11 is 4.68. The van der Waals surface area contributed by atoms with Crippen LogP contribution in [-0.4, -0.2) is 30.6 Å². The predicted molar refractivity (Wildman–Crippen MR) is 121 cm³/mol. The first-order chi connectivity index (χ1) is 15.6. The van der Waals surface area contributed by atoms with Crippen molar-refractivity contribution in [1.82, 2.24) is 0 Å². The molecule has 0 saturated heterocycles. The quantitative estimate of drug-likeness (QED) is 0.210. The summed E-state index contributed by atoms with van der Waals surface area (Å²) in [6.07, 6.45) is -4.90. The van der Waals surface area contributed by atoms with Crippen molar-refractivity contribution in [2.24, 2.45) is 0 Å². The average Bonchev–Trinajstić information content (AvgIpc) is 2.74. The summed E-state index contributed by atoms with van der Waals surface area (Å²) in [5.74, 6) is -6.12. The molecule has 0 atom stereocenters. The van der Waals surface area contributed by atoms with Gasteiger partial charge in [-0.2, -0.15) is 26.0 Å². The highest BCUT2D eigenvalue weighted by Crippen LogP contribution is 2.42. The fourth-order valence-electron chi connectivity index (χ4n) is 2.84.